The molecule has 0 aromatic heterocycles. The van der Waals surface area contributed by atoms with Gasteiger partial charge in [-0.25, -0.2) is 0 Å². The van der Waals surface area contributed by atoms with Crippen LogP contribution >= 0.6 is 0 Å². The first-order valence-electron chi connectivity index (χ1n) is 3.29. The van der Waals surface area contributed by atoms with Gasteiger partial charge in [0.1, 0.15) is 0 Å². The summed E-state index contributed by atoms with van der Waals surface area (Å²) in [7, 11) is 1.54. The third-order valence-corrected chi connectivity index (χ3v) is 1.47. The van der Waals surface area contributed by atoms with E-state index in [0.29, 0.717) is 11.4 Å². The van der Waals surface area contributed by atoms with Gasteiger partial charge >= 0.3 is 0 Å². The average Bonchev–Trinajstić information content (AvgIpc) is 2.05. The molecule has 0 saturated heterocycles. The maximum Gasteiger partial charge on any atom is 0.268 e. The van der Waals surface area contributed by atoms with E-state index in [4.69, 9.17) is 5.73 Å². The summed E-state index contributed by atoms with van der Waals surface area (Å²) < 4.78 is 0. The topological polar surface area (TPSA) is 83.3 Å². The Morgan fingerprint density at radius 3 is 2.75 bits per heavy atom. The molecule has 0 amide bonds. The standard InChI is InChI=1S/C7H8N3O2/c1-9-7-4-5(10(11)12)2-3-6(7)8/h2-4H,8H2,1H3/q-1. The number of rotatable bonds is 2. The molecule has 1 aromatic carbocycles. The molecule has 5 heteroatoms. The van der Waals surface area contributed by atoms with Gasteiger partial charge in [-0.15, -0.1) is 12.7 Å². The molecule has 0 unspecified atom stereocenters. The molecule has 1 rings (SSSR count). The fourth-order valence-corrected chi connectivity index (χ4v) is 0.839. The second kappa shape index (κ2) is 3.08. The Morgan fingerprint density at radius 2 is 2.25 bits per heavy atom. The highest BCUT2D eigenvalue weighted by atomic mass is 16.6. The molecule has 0 saturated carbocycles. The number of nitrogens with zero attached hydrogens (tertiary/aromatic N) is 2. The number of hydrogen-bond acceptors (Lipinski definition) is 3. The zero-order valence-electron chi connectivity index (χ0n) is 6.52. The van der Waals surface area contributed by atoms with E-state index in [2.05, 4.69) is 5.32 Å². The van der Waals surface area contributed by atoms with E-state index >= 15 is 0 Å². The first-order chi connectivity index (χ1) is 5.65. The van der Waals surface area contributed by atoms with Gasteiger partial charge in [-0.2, -0.15) is 0 Å². The van der Waals surface area contributed by atoms with Crippen molar-refractivity contribution in [1.82, 2.24) is 0 Å². The highest BCUT2D eigenvalue weighted by Crippen LogP contribution is 2.28. The summed E-state index contributed by atoms with van der Waals surface area (Å²) in [6, 6.07) is 4.17. The van der Waals surface area contributed by atoms with E-state index in [0.717, 1.165) is 0 Å². The molecule has 0 heterocycles. The zero-order chi connectivity index (χ0) is 9.14. The molecule has 0 aliphatic heterocycles. The first-order valence-corrected chi connectivity index (χ1v) is 3.29. The highest BCUT2D eigenvalue weighted by molar-refractivity contribution is 5.71. The number of nitrogens with two attached hydrogens (primary N) is 1. The lowest BCUT2D eigenvalue weighted by molar-refractivity contribution is -0.384. The summed E-state index contributed by atoms with van der Waals surface area (Å²) in [5, 5.41) is 14.1. The van der Waals surface area contributed by atoms with Crippen LogP contribution in [0.25, 0.3) is 5.32 Å². The number of nitro groups is 1. The van der Waals surface area contributed by atoms with Gasteiger partial charge in [0.2, 0.25) is 0 Å². The van der Waals surface area contributed by atoms with Crippen LogP contribution in [0.15, 0.2) is 18.2 Å². The van der Waals surface area contributed by atoms with Gasteiger partial charge in [0.15, 0.2) is 0 Å². The van der Waals surface area contributed by atoms with E-state index in [9.17, 15) is 10.1 Å². The largest absolute Gasteiger partial charge is 0.685 e. The molecule has 5 nitrogen and oxygen atoms in total. The van der Waals surface area contributed by atoms with Crippen molar-refractivity contribution in [2.75, 3.05) is 12.8 Å². The van der Waals surface area contributed by atoms with Crippen LogP contribution < -0.4 is 5.73 Å². The molecule has 0 fully saturated rings. The molecule has 0 spiro atoms. The second-order valence-corrected chi connectivity index (χ2v) is 2.22. The second-order valence-electron chi connectivity index (χ2n) is 2.22. The lowest BCUT2D eigenvalue weighted by Crippen LogP contribution is -1.90. The third-order valence-electron chi connectivity index (χ3n) is 1.47. The van der Waals surface area contributed by atoms with Crippen LogP contribution in [0.4, 0.5) is 17.1 Å². The van der Waals surface area contributed by atoms with Crippen molar-refractivity contribution >= 4 is 17.1 Å². The fourth-order valence-electron chi connectivity index (χ4n) is 0.839. The molecular formula is C7H8N3O2-. The van der Waals surface area contributed by atoms with Gasteiger partial charge in [-0.3, -0.25) is 10.1 Å². The maximum atomic E-state index is 10.3. The van der Waals surface area contributed by atoms with Gasteiger partial charge in [-0.05, 0) is 6.07 Å². The summed E-state index contributed by atoms with van der Waals surface area (Å²) in [4.78, 5) is 9.83. The summed E-state index contributed by atoms with van der Waals surface area (Å²) in [5.74, 6) is 0. The highest BCUT2D eigenvalue weighted by Gasteiger charge is 2.03. The van der Waals surface area contributed by atoms with Crippen LogP contribution in [-0.2, 0) is 0 Å². The average molecular weight is 166 g/mol. The van der Waals surface area contributed by atoms with Crippen molar-refractivity contribution in [3.05, 3.63) is 33.6 Å². The Morgan fingerprint density at radius 1 is 1.58 bits per heavy atom. The smallest absolute Gasteiger partial charge is 0.268 e. The van der Waals surface area contributed by atoms with Gasteiger partial charge in [-0.1, -0.05) is 0 Å². The van der Waals surface area contributed by atoms with Crippen molar-refractivity contribution in [1.29, 1.82) is 0 Å². The minimum Gasteiger partial charge on any atom is -0.685 e. The molecule has 0 bridgehead atoms. The van der Waals surface area contributed by atoms with Gasteiger partial charge in [0.05, 0.1) is 4.92 Å². The summed E-state index contributed by atoms with van der Waals surface area (Å²) in [5.41, 5.74) is 6.38. The summed E-state index contributed by atoms with van der Waals surface area (Å²) >= 11 is 0. The van der Waals surface area contributed by atoms with Crippen molar-refractivity contribution in [3.8, 4) is 0 Å². The van der Waals surface area contributed by atoms with E-state index in [1.54, 1.807) is 0 Å². The molecule has 12 heavy (non-hydrogen) atoms. The Labute approximate surface area is 69.3 Å². The minimum absolute atomic E-state index is 0.00444. The minimum atomic E-state index is -0.478. The fraction of sp³-hybridized carbons (Fsp3) is 0.143. The molecule has 0 atom stereocenters. The Hall–Kier alpha value is -1.78. The van der Waals surface area contributed by atoms with Crippen molar-refractivity contribution in [2.45, 2.75) is 0 Å². The SMILES string of the molecule is C[N-]c1cc([N+](=O)[O-])ccc1N. The Balaban J connectivity index is 3.13. The van der Waals surface area contributed by atoms with E-state index in [1.807, 2.05) is 0 Å². The first kappa shape index (κ1) is 8.32. The predicted octanol–water partition coefficient (Wildman–Crippen LogP) is 1.81. The van der Waals surface area contributed by atoms with Gasteiger partial charge in [0, 0.05) is 17.8 Å². The summed E-state index contributed by atoms with van der Waals surface area (Å²) in [6.07, 6.45) is 0. The molecule has 0 radical (unpaired) electrons. The maximum absolute atomic E-state index is 10.3. The van der Waals surface area contributed by atoms with Crippen LogP contribution in [0.5, 0.6) is 0 Å². The predicted molar refractivity (Wildman–Crippen MR) is 46.5 cm³/mol. The summed E-state index contributed by atoms with van der Waals surface area (Å²) in [6.45, 7) is 0. The Kier molecular flexibility index (Phi) is 2.14. The van der Waals surface area contributed by atoms with Crippen LogP contribution in [0.1, 0.15) is 0 Å². The van der Waals surface area contributed by atoms with Crippen LogP contribution in [0.2, 0.25) is 0 Å². The van der Waals surface area contributed by atoms with E-state index < -0.39 is 4.92 Å². The van der Waals surface area contributed by atoms with Crippen molar-refractivity contribution in [2.24, 2.45) is 0 Å². The zero-order valence-corrected chi connectivity index (χ0v) is 6.52. The van der Waals surface area contributed by atoms with Crippen molar-refractivity contribution in [3.63, 3.8) is 0 Å². The third kappa shape index (κ3) is 1.45. The number of hydrogen-bond donors (Lipinski definition) is 1. The molecule has 1 aromatic rings. The molecule has 64 valence electrons. The van der Waals surface area contributed by atoms with Crippen LogP contribution in [0, 0.1) is 10.1 Å². The van der Waals surface area contributed by atoms with Gasteiger partial charge < -0.3 is 11.1 Å². The molecular weight excluding hydrogens is 158 g/mol. The number of non-ortho nitro benzene ring substituents is 1. The molecule has 0 aliphatic rings. The lowest BCUT2D eigenvalue weighted by atomic mass is 10.2. The number of anilines is 1. The molecule has 0 aliphatic carbocycles. The normalized spacial score (nSPS) is 9.42. The van der Waals surface area contributed by atoms with Crippen LogP contribution in [0.3, 0.4) is 0 Å². The van der Waals surface area contributed by atoms with E-state index in [1.165, 1.54) is 25.2 Å². The number of nitro benzene ring substituents is 1. The van der Waals surface area contributed by atoms with Crippen molar-refractivity contribution < 1.29 is 4.92 Å². The monoisotopic (exact) mass is 166 g/mol. The number of nitrogen functional groups attached to an aromatic ring is 1. The quantitative estimate of drug-likeness (QED) is 0.413. The van der Waals surface area contributed by atoms with E-state index in [-0.39, 0.29) is 5.69 Å². The Bertz CT molecular complexity index is 312. The molecule has 2 N–H and O–H groups in total. The van der Waals surface area contributed by atoms with Crippen LogP contribution in [-0.4, -0.2) is 12.0 Å². The number of benzene rings is 1. The van der Waals surface area contributed by atoms with Gasteiger partial charge in [0.25, 0.3) is 5.69 Å². The lowest BCUT2D eigenvalue weighted by Gasteiger charge is -2.15.